The molecular weight excluding hydrogens is 160 g/mol. The summed E-state index contributed by atoms with van der Waals surface area (Å²) in [6.45, 7) is 0. The lowest BCUT2D eigenvalue weighted by molar-refractivity contribution is 0.559. The normalized spacial score (nSPS) is 22.3. The van der Waals surface area contributed by atoms with Crippen molar-refractivity contribution in [1.82, 2.24) is 0 Å². The lowest BCUT2D eigenvalue weighted by Crippen LogP contribution is -1.95. The van der Waals surface area contributed by atoms with E-state index in [-0.39, 0.29) is 5.50 Å². The molecular formula is C7H6N2OS. The van der Waals surface area contributed by atoms with Gasteiger partial charge in [-0.2, -0.15) is 0 Å². The van der Waals surface area contributed by atoms with Gasteiger partial charge in [-0.3, -0.25) is 4.99 Å². The van der Waals surface area contributed by atoms with Gasteiger partial charge in [0.1, 0.15) is 5.71 Å². The highest BCUT2D eigenvalue weighted by molar-refractivity contribution is 7.80. The summed E-state index contributed by atoms with van der Waals surface area (Å²) in [4.78, 5) is 8.04. The molecule has 3 nitrogen and oxygen atoms in total. The summed E-state index contributed by atoms with van der Waals surface area (Å²) in [5.41, 5.74) is 0.505. The number of rotatable bonds is 1. The molecule has 1 aliphatic rings. The molecule has 0 amide bonds. The van der Waals surface area contributed by atoms with Crippen LogP contribution in [0.15, 0.2) is 32.8 Å². The fourth-order valence-corrected chi connectivity index (χ4v) is 1.07. The van der Waals surface area contributed by atoms with E-state index in [1.807, 2.05) is 12.1 Å². The van der Waals surface area contributed by atoms with Gasteiger partial charge in [0, 0.05) is 0 Å². The Hall–Kier alpha value is -1.03. The molecule has 11 heavy (non-hydrogen) atoms. The van der Waals surface area contributed by atoms with Gasteiger partial charge in [-0.15, -0.1) is 12.6 Å². The second kappa shape index (κ2) is 2.54. The molecule has 0 aromatic carbocycles. The number of furan rings is 1. The monoisotopic (exact) mass is 166 g/mol. The van der Waals surface area contributed by atoms with E-state index in [9.17, 15) is 0 Å². The number of thiol groups is 1. The van der Waals surface area contributed by atoms with Crippen LogP contribution >= 0.6 is 12.6 Å². The molecule has 0 spiro atoms. The van der Waals surface area contributed by atoms with Crippen LogP contribution < -0.4 is 0 Å². The summed E-state index contributed by atoms with van der Waals surface area (Å²) >= 11 is 4.06. The summed E-state index contributed by atoms with van der Waals surface area (Å²) < 4.78 is 5.11. The van der Waals surface area contributed by atoms with Crippen LogP contribution in [0.2, 0.25) is 0 Å². The molecule has 0 saturated carbocycles. The number of hydrogen-bond donors (Lipinski definition) is 1. The molecule has 1 aliphatic heterocycles. The molecule has 1 atom stereocenters. The first-order valence-electron chi connectivity index (χ1n) is 3.19. The van der Waals surface area contributed by atoms with E-state index >= 15 is 0 Å². The number of nitrogens with zero attached hydrogens (tertiary/aromatic N) is 2. The smallest absolute Gasteiger partial charge is 0.184 e. The minimum absolute atomic E-state index is 0.255. The summed E-state index contributed by atoms with van der Waals surface area (Å²) in [6.07, 6.45) is 3.27. The largest absolute Gasteiger partial charge is 0.463 e. The van der Waals surface area contributed by atoms with Crippen LogP contribution in [0.1, 0.15) is 5.76 Å². The van der Waals surface area contributed by atoms with Crippen molar-refractivity contribution in [2.45, 2.75) is 5.50 Å². The molecule has 1 unspecified atom stereocenters. The molecule has 0 radical (unpaired) electrons. The molecule has 2 heterocycles. The fraction of sp³-hybridized carbons (Fsp3) is 0.143. The minimum atomic E-state index is -0.255. The van der Waals surface area contributed by atoms with Gasteiger partial charge in [0.15, 0.2) is 11.3 Å². The Kier molecular flexibility index (Phi) is 1.54. The van der Waals surface area contributed by atoms with Crippen LogP contribution in [0.25, 0.3) is 0 Å². The molecule has 2 rings (SSSR count). The molecule has 4 heteroatoms. The average Bonchev–Trinajstić information content (AvgIpc) is 2.55. The SMILES string of the molecule is SC1N=CC(c2ccco2)=N1. The number of aliphatic imine (C=N–C) groups is 2. The van der Waals surface area contributed by atoms with Gasteiger partial charge in [-0.05, 0) is 12.1 Å². The van der Waals surface area contributed by atoms with Crippen LogP contribution in [0, 0.1) is 0 Å². The average molecular weight is 166 g/mol. The van der Waals surface area contributed by atoms with Gasteiger partial charge in [0.25, 0.3) is 0 Å². The van der Waals surface area contributed by atoms with Gasteiger partial charge >= 0.3 is 0 Å². The molecule has 1 aromatic rings. The van der Waals surface area contributed by atoms with Gasteiger partial charge < -0.3 is 4.42 Å². The van der Waals surface area contributed by atoms with E-state index in [1.54, 1.807) is 12.5 Å². The van der Waals surface area contributed by atoms with E-state index < -0.39 is 0 Å². The lowest BCUT2D eigenvalue weighted by Gasteiger charge is -1.89. The Balaban J connectivity index is 2.33. The molecule has 0 fully saturated rings. The third-order valence-electron chi connectivity index (χ3n) is 1.36. The zero-order chi connectivity index (χ0) is 7.68. The zero-order valence-corrected chi connectivity index (χ0v) is 6.53. The highest BCUT2D eigenvalue weighted by atomic mass is 32.1. The van der Waals surface area contributed by atoms with Gasteiger partial charge in [0.2, 0.25) is 0 Å². The van der Waals surface area contributed by atoms with Crippen molar-refractivity contribution in [3.63, 3.8) is 0 Å². The number of hydrogen-bond acceptors (Lipinski definition) is 4. The van der Waals surface area contributed by atoms with Crippen LogP contribution in [0.4, 0.5) is 0 Å². The topological polar surface area (TPSA) is 37.9 Å². The minimum Gasteiger partial charge on any atom is -0.463 e. The van der Waals surface area contributed by atoms with Crippen molar-refractivity contribution in [3.8, 4) is 0 Å². The van der Waals surface area contributed by atoms with Crippen molar-refractivity contribution < 1.29 is 4.42 Å². The van der Waals surface area contributed by atoms with E-state index in [0.29, 0.717) is 0 Å². The fourth-order valence-electron chi connectivity index (χ4n) is 0.880. The van der Waals surface area contributed by atoms with Crippen LogP contribution in [-0.4, -0.2) is 17.4 Å². The van der Waals surface area contributed by atoms with Crippen molar-refractivity contribution in [2.75, 3.05) is 0 Å². The van der Waals surface area contributed by atoms with Crippen LogP contribution in [0.5, 0.6) is 0 Å². The standard InChI is InChI=1S/C7H6N2OS/c11-7-8-4-5(9-7)6-2-1-3-10-6/h1-4,7,11H. The highest BCUT2D eigenvalue weighted by Gasteiger charge is 2.11. The second-order valence-corrected chi connectivity index (χ2v) is 2.58. The first kappa shape index (κ1) is 6.67. The van der Waals surface area contributed by atoms with Crippen molar-refractivity contribution in [3.05, 3.63) is 24.2 Å². The summed E-state index contributed by atoms with van der Waals surface area (Å²) in [5, 5.41) is 0. The Morgan fingerprint density at radius 1 is 1.55 bits per heavy atom. The van der Waals surface area contributed by atoms with Crippen molar-refractivity contribution in [1.29, 1.82) is 0 Å². The zero-order valence-electron chi connectivity index (χ0n) is 5.64. The Morgan fingerprint density at radius 3 is 3.00 bits per heavy atom. The Morgan fingerprint density at radius 2 is 2.45 bits per heavy atom. The molecule has 0 N–H and O–H groups in total. The van der Waals surface area contributed by atoms with Gasteiger partial charge in [-0.1, -0.05) is 0 Å². The first-order valence-corrected chi connectivity index (χ1v) is 3.71. The van der Waals surface area contributed by atoms with Gasteiger partial charge in [0.05, 0.1) is 12.5 Å². The molecule has 56 valence electrons. The predicted molar refractivity (Wildman–Crippen MR) is 46.5 cm³/mol. The van der Waals surface area contributed by atoms with Crippen molar-refractivity contribution >= 4 is 24.6 Å². The maximum atomic E-state index is 5.11. The molecule has 1 aromatic heterocycles. The van der Waals surface area contributed by atoms with E-state index in [0.717, 1.165) is 11.5 Å². The molecule has 0 aliphatic carbocycles. The maximum absolute atomic E-state index is 5.11. The third-order valence-corrected chi connectivity index (χ3v) is 1.61. The van der Waals surface area contributed by atoms with Gasteiger partial charge in [-0.25, -0.2) is 4.99 Å². The van der Waals surface area contributed by atoms with E-state index in [1.165, 1.54) is 0 Å². The summed E-state index contributed by atoms with van der Waals surface area (Å²) in [7, 11) is 0. The highest BCUT2D eigenvalue weighted by Crippen LogP contribution is 2.10. The van der Waals surface area contributed by atoms with Crippen molar-refractivity contribution in [2.24, 2.45) is 9.98 Å². The van der Waals surface area contributed by atoms with E-state index in [2.05, 4.69) is 22.6 Å². The quantitative estimate of drug-likeness (QED) is 0.628. The van der Waals surface area contributed by atoms with Crippen LogP contribution in [0.3, 0.4) is 0 Å². The maximum Gasteiger partial charge on any atom is 0.184 e. The Labute approximate surface area is 69.3 Å². The second-order valence-electron chi connectivity index (χ2n) is 2.12. The Bertz CT molecular complexity index is 302. The third kappa shape index (κ3) is 1.21. The molecule has 0 bridgehead atoms. The summed E-state index contributed by atoms with van der Waals surface area (Å²) in [5.74, 6) is 0.741. The molecule has 0 saturated heterocycles. The first-order chi connectivity index (χ1) is 5.36. The predicted octanol–water partition coefficient (Wildman–Crippen LogP) is 1.37. The van der Waals surface area contributed by atoms with E-state index in [4.69, 9.17) is 4.42 Å². The summed E-state index contributed by atoms with van der Waals surface area (Å²) in [6, 6.07) is 3.66. The van der Waals surface area contributed by atoms with Crippen LogP contribution in [-0.2, 0) is 0 Å². The lowest BCUT2D eigenvalue weighted by atomic mass is 10.3.